The summed E-state index contributed by atoms with van der Waals surface area (Å²) in [5.74, 6) is 0.329. The summed E-state index contributed by atoms with van der Waals surface area (Å²) >= 11 is 0. The Hall–Kier alpha value is -0.160. The zero-order chi connectivity index (χ0) is 11.1. The maximum Gasteiger partial charge on any atom is 0.0717 e. The lowest BCUT2D eigenvalue weighted by atomic mass is 10.0. The quantitative estimate of drug-likeness (QED) is 0.625. The largest absolute Gasteiger partial charge is 0.391 e. The van der Waals surface area contributed by atoms with Crippen molar-refractivity contribution in [1.82, 2.24) is 4.90 Å². The van der Waals surface area contributed by atoms with E-state index in [4.69, 9.17) is 9.47 Å². The van der Waals surface area contributed by atoms with Gasteiger partial charge >= 0.3 is 0 Å². The number of methoxy groups -OCH3 is 1. The van der Waals surface area contributed by atoms with E-state index in [0.717, 1.165) is 39.1 Å². The van der Waals surface area contributed by atoms with Crippen molar-refractivity contribution in [3.05, 3.63) is 0 Å². The van der Waals surface area contributed by atoms with Gasteiger partial charge in [0.25, 0.3) is 0 Å². The Bertz CT molecular complexity index is 160. The first kappa shape index (κ1) is 12.9. The highest BCUT2D eigenvalue weighted by Gasteiger charge is 2.24. The third-order valence-corrected chi connectivity index (χ3v) is 2.90. The van der Waals surface area contributed by atoms with Crippen LogP contribution in [0.2, 0.25) is 0 Å². The topological polar surface area (TPSA) is 41.9 Å². The summed E-state index contributed by atoms with van der Waals surface area (Å²) in [5.41, 5.74) is 0. The minimum atomic E-state index is -0.250. The third-order valence-electron chi connectivity index (χ3n) is 2.90. The van der Waals surface area contributed by atoms with Crippen molar-refractivity contribution >= 4 is 0 Å². The molecule has 1 heterocycles. The molecule has 1 fully saturated rings. The van der Waals surface area contributed by atoms with Crippen molar-refractivity contribution in [3.63, 3.8) is 0 Å². The van der Waals surface area contributed by atoms with Gasteiger partial charge in [0.1, 0.15) is 0 Å². The number of likely N-dealkylation sites (N-methyl/N-ethyl adjacent to an activating group) is 1. The van der Waals surface area contributed by atoms with Crippen LogP contribution in [0, 0.1) is 5.92 Å². The van der Waals surface area contributed by atoms with Gasteiger partial charge in [0.2, 0.25) is 0 Å². The van der Waals surface area contributed by atoms with Crippen molar-refractivity contribution in [2.24, 2.45) is 5.92 Å². The molecule has 0 amide bonds. The molecule has 4 nitrogen and oxygen atoms in total. The van der Waals surface area contributed by atoms with Gasteiger partial charge in [0.05, 0.1) is 12.7 Å². The molecule has 1 saturated heterocycles. The van der Waals surface area contributed by atoms with Crippen LogP contribution in [0.4, 0.5) is 0 Å². The van der Waals surface area contributed by atoms with Crippen LogP contribution in [0.25, 0.3) is 0 Å². The Morgan fingerprint density at radius 3 is 3.00 bits per heavy atom. The molecule has 90 valence electrons. The molecule has 0 bridgehead atoms. The molecule has 2 atom stereocenters. The second-order valence-electron chi connectivity index (χ2n) is 4.30. The van der Waals surface area contributed by atoms with Crippen molar-refractivity contribution in [1.29, 1.82) is 0 Å². The van der Waals surface area contributed by atoms with Gasteiger partial charge in [-0.25, -0.2) is 0 Å². The molecule has 15 heavy (non-hydrogen) atoms. The summed E-state index contributed by atoms with van der Waals surface area (Å²) in [4.78, 5) is 2.15. The number of aliphatic hydroxyl groups is 1. The molecule has 0 spiro atoms. The highest BCUT2D eigenvalue weighted by atomic mass is 16.5. The van der Waals surface area contributed by atoms with Crippen LogP contribution in [-0.4, -0.2) is 63.2 Å². The van der Waals surface area contributed by atoms with Crippen molar-refractivity contribution in [2.75, 3.05) is 47.1 Å². The second kappa shape index (κ2) is 7.17. The monoisotopic (exact) mass is 217 g/mol. The zero-order valence-electron chi connectivity index (χ0n) is 9.82. The fraction of sp³-hybridized carbons (Fsp3) is 1.00. The number of nitrogens with zero attached hydrogens (tertiary/aromatic N) is 1. The summed E-state index contributed by atoms with van der Waals surface area (Å²) in [6, 6.07) is 0. The van der Waals surface area contributed by atoms with Crippen molar-refractivity contribution in [3.8, 4) is 0 Å². The van der Waals surface area contributed by atoms with E-state index in [1.165, 1.54) is 0 Å². The normalized spacial score (nSPS) is 23.6. The number of ether oxygens (including phenoxy) is 2. The van der Waals surface area contributed by atoms with E-state index < -0.39 is 0 Å². The first-order valence-corrected chi connectivity index (χ1v) is 5.67. The number of hydrogen-bond donors (Lipinski definition) is 1. The Balaban J connectivity index is 2.10. The summed E-state index contributed by atoms with van der Waals surface area (Å²) in [6.07, 6.45) is 1.76. The van der Waals surface area contributed by atoms with Crippen LogP contribution in [0.1, 0.15) is 12.8 Å². The van der Waals surface area contributed by atoms with Gasteiger partial charge in [-0.3, -0.25) is 0 Å². The first-order chi connectivity index (χ1) is 7.24. The lowest BCUT2D eigenvalue weighted by Gasteiger charge is -2.23. The highest BCUT2D eigenvalue weighted by Crippen LogP contribution is 2.17. The maximum absolute atomic E-state index is 9.92. The molecule has 0 saturated carbocycles. The zero-order valence-corrected chi connectivity index (χ0v) is 9.82. The van der Waals surface area contributed by atoms with Crippen LogP contribution >= 0.6 is 0 Å². The summed E-state index contributed by atoms with van der Waals surface area (Å²) < 4.78 is 10.2. The van der Waals surface area contributed by atoms with E-state index in [0.29, 0.717) is 12.5 Å². The van der Waals surface area contributed by atoms with Crippen LogP contribution in [0.3, 0.4) is 0 Å². The number of rotatable bonds is 7. The number of aliphatic hydroxyl groups excluding tert-OH is 1. The summed E-state index contributed by atoms with van der Waals surface area (Å²) in [7, 11) is 3.75. The van der Waals surface area contributed by atoms with Crippen LogP contribution in [-0.2, 0) is 9.47 Å². The van der Waals surface area contributed by atoms with Gasteiger partial charge in [-0.2, -0.15) is 0 Å². The third kappa shape index (κ3) is 4.93. The average Bonchev–Trinajstić information content (AvgIpc) is 2.70. The van der Waals surface area contributed by atoms with Gasteiger partial charge in [-0.05, 0) is 19.9 Å². The lowest BCUT2D eigenvalue weighted by molar-refractivity contribution is 0.0607. The molecule has 0 aliphatic carbocycles. The molecule has 0 radical (unpaired) electrons. The van der Waals surface area contributed by atoms with Gasteiger partial charge in [-0.1, -0.05) is 0 Å². The Kier molecular flexibility index (Phi) is 6.17. The minimum absolute atomic E-state index is 0.250. The van der Waals surface area contributed by atoms with E-state index in [2.05, 4.69) is 4.90 Å². The van der Waals surface area contributed by atoms with E-state index in [1.54, 1.807) is 7.11 Å². The average molecular weight is 217 g/mol. The van der Waals surface area contributed by atoms with Gasteiger partial charge < -0.3 is 19.5 Å². The van der Waals surface area contributed by atoms with E-state index in [-0.39, 0.29) is 6.10 Å². The molecule has 0 aromatic rings. The van der Waals surface area contributed by atoms with Gasteiger partial charge in [-0.15, -0.1) is 0 Å². The summed E-state index contributed by atoms with van der Waals surface area (Å²) in [5, 5.41) is 9.92. The smallest absolute Gasteiger partial charge is 0.0717 e. The fourth-order valence-corrected chi connectivity index (χ4v) is 1.89. The van der Waals surface area contributed by atoms with Crippen LogP contribution in [0.5, 0.6) is 0 Å². The Morgan fingerprint density at radius 1 is 1.60 bits per heavy atom. The molecule has 2 unspecified atom stereocenters. The first-order valence-electron chi connectivity index (χ1n) is 5.67. The standard InChI is InChI=1S/C11H23NO3/c1-12(5-3-6-14-2)8-11(13)10-4-7-15-9-10/h10-11,13H,3-9H2,1-2H3. The highest BCUT2D eigenvalue weighted by molar-refractivity contribution is 4.74. The molecular formula is C11H23NO3. The lowest BCUT2D eigenvalue weighted by Crippen LogP contribution is -2.35. The van der Waals surface area contributed by atoms with E-state index in [9.17, 15) is 5.11 Å². The molecule has 1 aliphatic heterocycles. The fourth-order valence-electron chi connectivity index (χ4n) is 1.89. The Morgan fingerprint density at radius 2 is 2.40 bits per heavy atom. The molecule has 1 rings (SSSR count). The molecule has 1 aliphatic rings. The molecule has 1 N–H and O–H groups in total. The predicted molar refractivity (Wildman–Crippen MR) is 58.9 cm³/mol. The molecular weight excluding hydrogens is 194 g/mol. The SMILES string of the molecule is COCCCN(C)CC(O)C1CCOC1. The van der Waals surface area contributed by atoms with E-state index in [1.807, 2.05) is 7.05 Å². The predicted octanol–water partition coefficient (Wildman–Crippen LogP) is 0.352. The molecule has 4 heteroatoms. The summed E-state index contributed by atoms with van der Waals surface area (Å²) in [6.45, 7) is 4.01. The van der Waals surface area contributed by atoms with Crippen molar-refractivity contribution in [2.45, 2.75) is 18.9 Å². The molecule has 0 aromatic carbocycles. The number of hydrogen-bond acceptors (Lipinski definition) is 4. The van der Waals surface area contributed by atoms with E-state index >= 15 is 0 Å². The van der Waals surface area contributed by atoms with Gasteiger partial charge in [0.15, 0.2) is 0 Å². The van der Waals surface area contributed by atoms with Crippen LogP contribution < -0.4 is 0 Å². The van der Waals surface area contributed by atoms with Crippen molar-refractivity contribution < 1.29 is 14.6 Å². The van der Waals surface area contributed by atoms with Gasteiger partial charge in [0, 0.05) is 39.3 Å². The molecule has 0 aromatic heterocycles. The maximum atomic E-state index is 9.92. The van der Waals surface area contributed by atoms with Crippen LogP contribution in [0.15, 0.2) is 0 Å². The minimum Gasteiger partial charge on any atom is -0.391 e. The second-order valence-corrected chi connectivity index (χ2v) is 4.30. The Labute approximate surface area is 92.2 Å².